The van der Waals surface area contributed by atoms with Gasteiger partial charge in [-0.15, -0.1) is 10.2 Å². The molecule has 98 valence electrons. The zero-order chi connectivity index (χ0) is 13.4. The molecule has 0 aliphatic rings. The van der Waals surface area contributed by atoms with Crippen molar-refractivity contribution in [2.75, 3.05) is 6.61 Å². The molecule has 2 N–H and O–H groups in total. The van der Waals surface area contributed by atoms with Gasteiger partial charge in [0.1, 0.15) is 16.6 Å². The van der Waals surface area contributed by atoms with Crippen molar-refractivity contribution in [3.63, 3.8) is 0 Å². The van der Waals surface area contributed by atoms with Crippen LogP contribution in [0.25, 0.3) is 0 Å². The normalized spacial score (nSPS) is 9.78. The largest absolute Gasteiger partial charge is 0.481 e. The summed E-state index contributed by atoms with van der Waals surface area (Å²) in [4.78, 5) is 21.5. The Morgan fingerprint density at radius 2 is 2.17 bits per heavy atom. The van der Waals surface area contributed by atoms with Crippen LogP contribution >= 0.6 is 11.3 Å². The summed E-state index contributed by atoms with van der Waals surface area (Å²) in [6.07, 6.45) is 1.27. The lowest BCUT2D eigenvalue weighted by Crippen LogP contribution is -2.23. The summed E-state index contributed by atoms with van der Waals surface area (Å²) < 4.78 is 4.71. The predicted molar refractivity (Wildman–Crippen MR) is 64.3 cm³/mol. The molecule has 0 atom stereocenters. The van der Waals surface area contributed by atoms with Crippen molar-refractivity contribution >= 4 is 23.4 Å². The summed E-state index contributed by atoms with van der Waals surface area (Å²) in [5.74, 6) is -0.877. The quantitative estimate of drug-likeness (QED) is 0.716. The summed E-state index contributed by atoms with van der Waals surface area (Å²) in [5.41, 5.74) is 0. The topological polar surface area (TPSA) is 101 Å². The van der Waals surface area contributed by atoms with Gasteiger partial charge in [-0.1, -0.05) is 24.0 Å². The van der Waals surface area contributed by atoms with Gasteiger partial charge in [0, 0.05) is 6.42 Å². The van der Waals surface area contributed by atoms with Crippen LogP contribution in [0.1, 0.15) is 16.4 Å². The lowest BCUT2D eigenvalue weighted by molar-refractivity contribution is -0.136. The molecule has 0 saturated heterocycles. The second-order valence-corrected chi connectivity index (χ2v) is 4.37. The number of aromatic nitrogens is 2. The fourth-order valence-electron chi connectivity index (χ4n) is 1.01. The summed E-state index contributed by atoms with van der Waals surface area (Å²) in [7, 11) is 0. The monoisotopic (exact) mass is 271 g/mol. The molecule has 0 aliphatic heterocycles. The summed E-state index contributed by atoms with van der Waals surface area (Å²) in [5, 5.41) is 19.9. The van der Waals surface area contributed by atoms with E-state index in [1.807, 2.05) is 0 Å². The molecule has 7 nitrogen and oxygen atoms in total. The van der Waals surface area contributed by atoms with Crippen LogP contribution in [0.2, 0.25) is 0 Å². The first-order chi connectivity index (χ1) is 8.61. The maximum Gasteiger partial charge on any atom is 0.407 e. The molecule has 1 rings (SSSR count). The van der Waals surface area contributed by atoms with E-state index in [-0.39, 0.29) is 19.6 Å². The van der Waals surface area contributed by atoms with Crippen molar-refractivity contribution in [3.05, 3.63) is 22.7 Å². The SMILES string of the molecule is C=CCOC(=O)NCc1nnc(CCC(=O)O)s1. The van der Waals surface area contributed by atoms with Gasteiger partial charge in [0.15, 0.2) is 0 Å². The highest BCUT2D eigenvalue weighted by Gasteiger charge is 2.08. The van der Waals surface area contributed by atoms with E-state index in [0.29, 0.717) is 16.4 Å². The Morgan fingerprint density at radius 3 is 2.83 bits per heavy atom. The van der Waals surface area contributed by atoms with Gasteiger partial charge in [-0.3, -0.25) is 4.79 Å². The molecule has 1 aromatic heterocycles. The number of hydrogen-bond acceptors (Lipinski definition) is 6. The standard InChI is InChI=1S/C10H13N3O4S/c1-2-5-17-10(16)11-6-8-13-12-7(18-8)3-4-9(14)15/h2H,1,3-6H2,(H,11,16)(H,14,15). The second-order valence-electron chi connectivity index (χ2n) is 3.22. The number of nitrogens with zero attached hydrogens (tertiary/aromatic N) is 2. The Balaban J connectivity index is 2.32. The van der Waals surface area contributed by atoms with Crippen LogP contribution in [0.5, 0.6) is 0 Å². The summed E-state index contributed by atoms with van der Waals surface area (Å²) >= 11 is 1.26. The average Bonchev–Trinajstić information content (AvgIpc) is 2.79. The Hall–Kier alpha value is -1.96. The van der Waals surface area contributed by atoms with E-state index in [1.54, 1.807) is 0 Å². The van der Waals surface area contributed by atoms with Gasteiger partial charge in [-0.2, -0.15) is 0 Å². The van der Waals surface area contributed by atoms with Gasteiger partial charge in [-0.05, 0) is 0 Å². The van der Waals surface area contributed by atoms with Crippen LogP contribution < -0.4 is 5.32 Å². The number of aliphatic carboxylic acids is 1. The number of carbonyl (C=O) groups excluding carboxylic acids is 1. The number of ether oxygens (including phenoxy) is 1. The molecule has 0 spiro atoms. The Bertz CT molecular complexity index is 433. The van der Waals surface area contributed by atoms with Crippen LogP contribution in [0, 0.1) is 0 Å². The number of carboxylic acids is 1. The van der Waals surface area contributed by atoms with E-state index in [1.165, 1.54) is 17.4 Å². The number of amides is 1. The van der Waals surface area contributed by atoms with Crippen LogP contribution in [0.4, 0.5) is 4.79 Å². The van der Waals surface area contributed by atoms with Crippen LogP contribution in [0.15, 0.2) is 12.7 Å². The van der Waals surface area contributed by atoms with Gasteiger partial charge >= 0.3 is 12.1 Å². The number of rotatable bonds is 7. The zero-order valence-corrected chi connectivity index (χ0v) is 10.4. The average molecular weight is 271 g/mol. The molecule has 0 aliphatic carbocycles. The predicted octanol–water partition coefficient (Wildman–Crippen LogP) is 0.968. The molecular weight excluding hydrogens is 258 g/mol. The summed E-state index contributed by atoms with van der Waals surface area (Å²) in [6, 6.07) is 0. The number of alkyl carbamates (subject to hydrolysis) is 1. The van der Waals surface area contributed by atoms with Crippen molar-refractivity contribution in [1.29, 1.82) is 0 Å². The van der Waals surface area contributed by atoms with Crippen LogP contribution in [-0.4, -0.2) is 34.0 Å². The number of aryl methyl sites for hydroxylation is 1. The third-order valence-electron chi connectivity index (χ3n) is 1.78. The fourth-order valence-corrected chi connectivity index (χ4v) is 1.79. The molecule has 1 aromatic rings. The minimum atomic E-state index is -0.877. The lowest BCUT2D eigenvalue weighted by Gasteiger charge is -2.01. The van der Waals surface area contributed by atoms with Crippen LogP contribution in [-0.2, 0) is 22.5 Å². The highest BCUT2D eigenvalue weighted by Crippen LogP contribution is 2.11. The number of nitrogens with one attached hydrogen (secondary N) is 1. The van der Waals surface area contributed by atoms with E-state index < -0.39 is 12.1 Å². The van der Waals surface area contributed by atoms with E-state index in [0.717, 1.165) is 0 Å². The lowest BCUT2D eigenvalue weighted by atomic mass is 10.3. The van der Waals surface area contributed by atoms with Crippen molar-refractivity contribution in [2.24, 2.45) is 0 Å². The van der Waals surface area contributed by atoms with Gasteiger partial charge in [0.05, 0.1) is 13.0 Å². The first-order valence-corrected chi connectivity index (χ1v) is 5.98. The Labute approximate surface area is 107 Å². The molecule has 0 aromatic carbocycles. The smallest absolute Gasteiger partial charge is 0.407 e. The van der Waals surface area contributed by atoms with E-state index in [9.17, 15) is 9.59 Å². The molecule has 8 heteroatoms. The van der Waals surface area contributed by atoms with Gasteiger partial charge in [0.25, 0.3) is 0 Å². The van der Waals surface area contributed by atoms with Gasteiger partial charge < -0.3 is 15.2 Å². The number of hydrogen-bond donors (Lipinski definition) is 2. The van der Waals surface area contributed by atoms with Crippen molar-refractivity contribution in [3.8, 4) is 0 Å². The Morgan fingerprint density at radius 1 is 1.44 bits per heavy atom. The number of carbonyl (C=O) groups is 2. The molecule has 0 unspecified atom stereocenters. The highest BCUT2D eigenvalue weighted by molar-refractivity contribution is 7.11. The molecule has 0 bridgehead atoms. The number of carboxylic acid groups (broad SMARTS) is 1. The van der Waals surface area contributed by atoms with E-state index in [4.69, 9.17) is 9.84 Å². The van der Waals surface area contributed by atoms with Crippen molar-refractivity contribution in [1.82, 2.24) is 15.5 Å². The minimum absolute atomic E-state index is 0.0173. The first kappa shape index (κ1) is 14.1. The molecule has 18 heavy (non-hydrogen) atoms. The molecule has 1 amide bonds. The Kier molecular flexibility index (Phi) is 5.78. The third-order valence-corrected chi connectivity index (χ3v) is 2.76. The van der Waals surface area contributed by atoms with Crippen LogP contribution in [0.3, 0.4) is 0 Å². The van der Waals surface area contributed by atoms with E-state index >= 15 is 0 Å². The maximum atomic E-state index is 11.1. The van der Waals surface area contributed by atoms with Gasteiger partial charge in [0.2, 0.25) is 0 Å². The highest BCUT2D eigenvalue weighted by atomic mass is 32.1. The first-order valence-electron chi connectivity index (χ1n) is 5.16. The van der Waals surface area contributed by atoms with Gasteiger partial charge in [-0.25, -0.2) is 4.79 Å². The van der Waals surface area contributed by atoms with E-state index in [2.05, 4.69) is 22.1 Å². The fraction of sp³-hybridized carbons (Fsp3) is 0.400. The van der Waals surface area contributed by atoms with Crippen molar-refractivity contribution in [2.45, 2.75) is 19.4 Å². The zero-order valence-electron chi connectivity index (χ0n) is 9.59. The third kappa shape index (κ3) is 5.39. The molecule has 0 radical (unpaired) electrons. The van der Waals surface area contributed by atoms with Crippen molar-refractivity contribution < 1.29 is 19.4 Å². The second kappa shape index (κ2) is 7.38. The molecule has 0 saturated carbocycles. The molecule has 1 heterocycles. The summed E-state index contributed by atoms with van der Waals surface area (Å²) in [6.45, 7) is 3.77. The molecule has 0 fully saturated rings. The minimum Gasteiger partial charge on any atom is -0.481 e. The molecular formula is C10H13N3O4S. The maximum absolute atomic E-state index is 11.1.